The summed E-state index contributed by atoms with van der Waals surface area (Å²) in [4.78, 5) is 0.184. The van der Waals surface area contributed by atoms with Crippen LogP contribution < -0.4 is 4.74 Å². The van der Waals surface area contributed by atoms with Gasteiger partial charge in [-0.05, 0) is 105 Å². The van der Waals surface area contributed by atoms with Crippen LogP contribution in [0.3, 0.4) is 0 Å². The molecule has 2 aromatic carbocycles. The first-order chi connectivity index (χ1) is 19.0. The molecule has 5 rings (SSSR count). The topological polar surface area (TPSA) is 74.2 Å². The van der Waals surface area contributed by atoms with Gasteiger partial charge in [0.1, 0.15) is 5.75 Å². The molecule has 3 aliphatic carbocycles. The molecule has 0 N–H and O–H groups in total. The zero-order chi connectivity index (χ0) is 28.7. The molecule has 0 amide bonds. The van der Waals surface area contributed by atoms with Gasteiger partial charge in [0.05, 0.1) is 30.6 Å². The van der Waals surface area contributed by atoms with Gasteiger partial charge in [0.2, 0.25) is 5.90 Å². The Morgan fingerprint density at radius 2 is 1.80 bits per heavy atom. The first-order valence-corrected chi connectivity index (χ1v) is 16.2. The minimum atomic E-state index is -3.91. The van der Waals surface area contributed by atoms with Crippen LogP contribution in [0, 0.1) is 30.1 Å². The van der Waals surface area contributed by atoms with Gasteiger partial charge in [-0.15, -0.1) is 4.40 Å². The summed E-state index contributed by atoms with van der Waals surface area (Å²) in [5.41, 5.74) is 3.30. The molecule has 2 fully saturated rings. The van der Waals surface area contributed by atoms with Crippen LogP contribution in [-0.4, -0.2) is 40.7 Å². The highest BCUT2D eigenvalue weighted by atomic mass is 32.2. The van der Waals surface area contributed by atoms with Crippen LogP contribution in [0.5, 0.6) is 5.75 Å². The lowest BCUT2D eigenvalue weighted by molar-refractivity contribution is -0.123. The van der Waals surface area contributed by atoms with Crippen LogP contribution in [0.25, 0.3) is 0 Å². The zero-order valence-corrected chi connectivity index (χ0v) is 25.7. The molecule has 0 unspecified atom stereocenters. The number of aryl methyl sites for hydroxylation is 2. The summed E-state index contributed by atoms with van der Waals surface area (Å²) in [6.45, 7) is 8.84. The number of ether oxygens (including phenoxy) is 3. The second-order valence-electron chi connectivity index (χ2n) is 12.8. The smallest absolute Gasteiger partial charge is 0.285 e. The third kappa shape index (κ3) is 5.20. The fourth-order valence-corrected chi connectivity index (χ4v) is 8.96. The molecule has 0 saturated heterocycles. The lowest BCUT2D eigenvalue weighted by Gasteiger charge is -2.54. The molecule has 6 nitrogen and oxygen atoms in total. The number of sulfonamides is 1. The normalized spacial score (nSPS) is 30.0. The molecule has 7 heteroatoms. The van der Waals surface area contributed by atoms with E-state index < -0.39 is 15.6 Å². The van der Waals surface area contributed by atoms with Crippen LogP contribution in [0.15, 0.2) is 51.8 Å². The Morgan fingerprint density at radius 1 is 1.05 bits per heavy atom. The van der Waals surface area contributed by atoms with E-state index in [2.05, 4.69) is 43.4 Å². The number of fused-ring (bicyclic) bond motifs is 5. The summed E-state index contributed by atoms with van der Waals surface area (Å²) in [5, 5.41) is 0. The van der Waals surface area contributed by atoms with E-state index >= 15 is 0 Å². The molecule has 2 saturated carbocycles. The third-order valence-corrected chi connectivity index (χ3v) is 11.5. The summed E-state index contributed by atoms with van der Waals surface area (Å²) in [7, 11) is -0.390. The van der Waals surface area contributed by atoms with E-state index in [-0.39, 0.29) is 22.1 Å². The van der Waals surface area contributed by atoms with Crippen molar-refractivity contribution in [1.29, 1.82) is 0 Å². The first kappa shape index (κ1) is 29.1. The van der Waals surface area contributed by atoms with Crippen molar-refractivity contribution in [1.82, 2.24) is 0 Å². The maximum absolute atomic E-state index is 13.4. The fraction of sp³-hybridized carbons (Fsp3) is 0.606. The van der Waals surface area contributed by atoms with Gasteiger partial charge >= 0.3 is 0 Å². The van der Waals surface area contributed by atoms with Crippen molar-refractivity contribution in [2.75, 3.05) is 20.8 Å². The lowest BCUT2D eigenvalue weighted by atomic mass is 9.53. The van der Waals surface area contributed by atoms with E-state index in [0.29, 0.717) is 30.8 Å². The number of benzene rings is 2. The number of nitrogens with zero attached hydrogens (tertiary/aromatic N) is 1. The third-order valence-electron chi connectivity index (χ3n) is 10.2. The predicted molar refractivity (Wildman–Crippen MR) is 159 cm³/mol. The van der Waals surface area contributed by atoms with Crippen LogP contribution in [-0.2, 0) is 25.9 Å². The Morgan fingerprint density at radius 3 is 2.48 bits per heavy atom. The largest absolute Gasteiger partial charge is 0.497 e. The minimum Gasteiger partial charge on any atom is -0.497 e. The summed E-state index contributed by atoms with van der Waals surface area (Å²) < 4.78 is 49.1. The summed E-state index contributed by atoms with van der Waals surface area (Å²) in [6, 6.07) is 13.4. The maximum atomic E-state index is 13.4. The zero-order valence-electron chi connectivity index (χ0n) is 24.9. The van der Waals surface area contributed by atoms with Gasteiger partial charge < -0.3 is 14.2 Å². The summed E-state index contributed by atoms with van der Waals surface area (Å²) in [6.07, 6.45) is 6.66. The number of hydrogen-bond donors (Lipinski definition) is 0. The van der Waals surface area contributed by atoms with Gasteiger partial charge in [0.15, 0.2) is 0 Å². The molecule has 5 atom stereocenters. The van der Waals surface area contributed by atoms with Crippen LogP contribution in [0.2, 0.25) is 0 Å². The van der Waals surface area contributed by atoms with Crippen molar-refractivity contribution in [3.05, 3.63) is 59.2 Å². The predicted octanol–water partition coefficient (Wildman–Crippen LogP) is 7.10. The quantitative estimate of drug-likeness (QED) is 0.251. The molecule has 0 bridgehead atoms. The van der Waals surface area contributed by atoms with E-state index in [0.717, 1.165) is 49.8 Å². The molecular weight excluding hydrogens is 522 g/mol. The average molecular weight is 568 g/mol. The Labute approximate surface area is 240 Å². The van der Waals surface area contributed by atoms with Gasteiger partial charge in [-0.25, -0.2) is 0 Å². The van der Waals surface area contributed by atoms with Gasteiger partial charge in [0.25, 0.3) is 10.0 Å². The molecule has 0 aromatic heterocycles. The molecular formula is C33H45NO5S. The fourth-order valence-electron chi connectivity index (χ4n) is 7.99. The maximum Gasteiger partial charge on any atom is 0.285 e. The second-order valence-corrected chi connectivity index (χ2v) is 14.4. The highest BCUT2D eigenvalue weighted by molar-refractivity contribution is 7.90. The monoisotopic (exact) mass is 567 g/mol. The lowest BCUT2D eigenvalue weighted by Crippen LogP contribution is -2.53. The molecule has 0 heterocycles. The molecule has 0 aliphatic heterocycles. The molecule has 40 heavy (non-hydrogen) atoms. The Bertz CT molecular complexity index is 1350. The number of methoxy groups -OCH3 is 2. The van der Waals surface area contributed by atoms with E-state index in [9.17, 15) is 8.42 Å². The molecule has 3 aliphatic rings. The van der Waals surface area contributed by atoms with E-state index in [1.165, 1.54) is 11.1 Å². The molecule has 0 spiro atoms. The van der Waals surface area contributed by atoms with Gasteiger partial charge in [-0.1, -0.05) is 44.5 Å². The van der Waals surface area contributed by atoms with Gasteiger partial charge in [-0.3, -0.25) is 0 Å². The van der Waals surface area contributed by atoms with Gasteiger partial charge in [-0.2, -0.15) is 8.42 Å². The van der Waals surface area contributed by atoms with Crippen LogP contribution >= 0.6 is 0 Å². The van der Waals surface area contributed by atoms with Crippen molar-refractivity contribution >= 4 is 15.9 Å². The van der Waals surface area contributed by atoms with E-state index in [4.69, 9.17) is 14.2 Å². The Hall–Kier alpha value is -2.38. The molecule has 0 radical (unpaired) electrons. The van der Waals surface area contributed by atoms with Crippen molar-refractivity contribution in [2.24, 2.45) is 27.6 Å². The highest BCUT2D eigenvalue weighted by Crippen LogP contribution is 2.66. The Kier molecular flexibility index (Phi) is 8.10. The minimum absolute atomic E-state index is 0.0948. The SMILES string of the molecule is COc1ccc2c(c1)CC[C@@H]1[C@@H]2CC[C@@]2(C)[C@H]1CC[C@]2(C/C(=N\S(=O)(=O)c1ccc(C)cc1)OCC(C)C)OC. The van der Waals surface area contributed by atoms with Crippen LogP contribution in [0.1, 0.15) is 81.9 Å². The van der Waals surface area contributed by atoms with Crippen LogP contribution in [0.4, 0.5) is 0 Å². The molecule has 2 aromatic rings. The van der Waals surface area contributed by atoms with E-state index in [1.807, 2.05) is 6.92 Å². The number of hydrogen-bond acceptors (Lipinski definition) is 5. The van der Waals surface area contributed by atoms with Crippen molar-refractivity contribution < 1.29 is 22.6 Å². The van der Waals surface area contributed by atoms with Crippen molar-refractivity contribution in [3.8, 4) is 5.75 Å². The Balaban J connectivity index is 1.45. The van der Waals surface area contributed by atoms with Crippen molar-refractivity contribution in [2.45, 2.75) is 89.1 Å². The second kappa shape index (κ2) is 11.1. The highest BCUT2D eigenvalue weighted by Gasteiger charge is 2.63. The first-order valence-electron chi connectivity index (χ1n) is 14.8. The van der Waals surface area contributed by atoms with Crippen molar-refractivity contribution in [3.63, 3.8) is 0 Å². The van der Waals surface area contributed by atoms with Gasteiger partial charge in [0, 0.05) is 12.5 Å². The number of rotatable bonds is 8. The summed E-state index contributed by atoms with van der Waals surface area (Å²) in [5.74, 6) is 3.08. The standard InChI is InChI=1S/C33H45NO5S/c1-22(2)21-39-31(34-40(35,36)26-11-7-23(3)8-12-26)20-33(38-6)18-16-30-29-13-9-24-19-25(37-5)10-14-27(24)28(29)15-17-32(30,33)4/h7-8,10-12,14,19,22,28-30H,9,13,15-18,20-21H2,1-6H3/b34-31+/t28-,29-,30+,32+,33-/m1/s1. The summed E-state index contributed by atoms with van der Waals surface area (Å²) >= 11 is 0. The average Bonchev–Trinajstić information content (AvgIpc) is 3.23. The van der Waals surface area contributed by atoms with E-state index in [1.54, 1.807) is 38.5 Å². The molecule has 218 valence electrons.